The summed E-state index contributed by atoms with van der Waals surface area (Å²) in [5, 5.41) is 10.5. The number of carboxylic acids is 1. The van der Waals surface area contributed by atoms with Gasteiger partial charge in [-0.05, 0) is 6.42 Å². The zero-order valence-electron chi connectivity index (χ0n) is 7.22. The molecule has 0 N–H and O–H groups in total. The Morgan fingerprint density at radius 3 is 2.18 bits per heavy atom. The van der Waals surface area contributed by atoms with Crippen molar-refractivity contribution >= 4 is 5.97 Å². The molecule has 1 aliphatic rings. The molecule has 0 radical (unpaired) electrons. The van der Waals surface area contributed by atoms with Crippen LogP contribution in [-0.4, -0.2) is 18.7 Å². The number of carbonyl (C=O) groups excluding carboxylic acids is 1. The summed E-state index contributed by atoms with van der Waals surface area (Å²) in [6.07, 6.45) is 0.693. The molecule has 1 heterocycles. The molecule has 0 amide bonds. The third kappa shape index (κ3) is 1.99. The molecule has 11 heavy (non-hydrogen) atoms. The van der Waals surface area contributed by atoms with Crippen LogP contribution in [0.25, 0.3) is 0 Å². The third-order valence-electron chi connectivity index (χ3n) is 2.03. The average Bonchev–Trinajstić information content (AvgIpc) is 1.57. The van der Waals surface area contributed by atoms with Crippen LogP contribution in [0.2, 0.25) is 0 Å². The minimum Gasteiger partial charge on any atom is -0.549 e. The summed E-state index contributed by atoms with van der Waals surface area (Å²) in [6.45, 7) is 3.94. The molecule has 1 atom stereocenters. The first-order chi connectivity index (χ1) is 4.55. The molecule has 0 spiro atoms. The molecule has 58 valence electrons. The monoisotopic (exact) mass is 150 g/mol. The molecule has 1 unspecified atom stereocenters. The molecule has 0 aromatic carbocycles. The Bertz CT molecular complexity index is 152. The number of aliphatic carboxylic acids is 1. The Morgan fingerprint density at radius 1 is 1.64 bits per heavy atom. The first kappa shape index (κ1) is 11.0. The zero-order valence-corrected chi connectivity index (χ0v) is 7.22. The van der Waals surface area contributed by atoms with E-state index in [-0.39, 0.29) is 25.0 Å². The maximum absolute atomic E-state index is 10.5. The summed E-state index contributed by atoms with van der Waals surface area (Å²) < 4.78 is 5.04. The normalized spacial score (nSPS) is 23.3. The average molecular weight is 150 g/mol. The molecule has 3 nitrogen and oxygen atoms in total. The van der Waals surface area contributed by atoms with E-state index in [0.29, 0.717) is 6.61 Å². The van der Waals surface area contributed by atoms with Crippen molar-refractivity contribution in [3.8, 4) is 0 Å². The van der Waals surface area contributed by atoms with Gasteiger partial charge in [0.1, 0.15) is 0 Å². The molecular formula is C7H11LiO3. The van der Waals surface area contributed by atoms with Gasteiger partial charge in [0.2, 0.25) is 0 Å². The van der Waals surface area contributed by atoms with Crippen LogP contribution in [0.15, 0.2) is 0 Å². The number of hydrogen-bond donors (Lipinski definition) is 0. The van der Waals surface area contributed by atoms with Gasteiger partial charge >= 0.3 is 18.9 Å². The minimum absolute atomic E-state index is 0. The Balaban J connectivity index is 0.000001000. The maximum atomic E-state index is 10.5. The van der Waals surface area contributed by atoms with Crippen molar-refractivity contribution < 1.29 is 33.5 Å². The Kier molecular flexibility index (Phi) is 3.63. The zero-order chi connectivity index (χ0) is 7.78. The molecule has 0 aliphatic carbocycles. The predicted octanol–water partition coefficient (Wildman–Crippen LogP) is -3.44. The van der Waals surface area contributed by atoms with Gasteiger partial charge in [-0.15, -0.1) is 0 Å². The summed E-state index contributed by atoms with van der Waals surface area (Å²) >= 11 is 0. The minimum atomic E-state index is -1.03. The fourth-order valence-electron chi connectivity index (χ4n) is 0.936. The molecule has 1 saturated heterocycles. The SMILES string of the molecule is CC(C)(C(=O)[O-])C1CCO1.[Li+]. The van der Waals surface area contributed by atoms with E-state index in [0.717, 1.165) is 6.42 Å². The second kappa shape index (κ2) is 3.62. The largest absolute Gasteiger partial charge is 1.00 e. The Labute approximate surface area is 78.3 Å². The van der Waals surface area contributed by atoms with Gasteiger partial charge in [0, 0.05) is 18.0 Å². The van der Waals surface area contributed by atoms with Gasteiger partial charge in [0.25, 0.3) is 0 Å². The van der Waals surface area contributed by atoms with Gasteiger partial charge in [0.05, 0.1) is 6.10 Å². The topological polar surface area (TPSA) is 49.4 Å². The van der Waals surface area contributed by atoms with E-state index in [2.05, 4.69) is 0 Å². The van der Waals surface area contributed by atoms with Gasteiger partial charge in [-0.1, -0.05) is 13.8 Å². The predicted molar refractivity (Wildman–Crippen MR) is 33.1 cm³/mol. The van der Waals surface area contributed by atoms with E-state index in [1.54, 1.807) is 13.8 Å². The van der Waals surface area contributed by atoms with Crippen LogP contribution in [0.3, 0.4) is 0 Å². The first-order valence-corrected chi connectivity index (χ1v) is 3.38. The van der Waals surface area contributed by atoms with Gasteiger partial charge in [0.15, 0.2) is 0 Å². The van der Waals surface area contributed by atoms with Crippen molar-refractivity contribution in [3.05, 3.63) is 0 Å². The Morgan fingerprint density at radius 2 is 2.09 bits per heavy atom. The fourth-order valence-corrected chi connectivity index (χ4v) is 0.936. The molecule has 1 rings (SSSR count). The molecule has 0 aromatic rings. The fraction of sp³-hybridized carbons (Fsp3) is 0.857. The number of hydrogen-bond acceptors (Lipinski definition) is 3. The standard InChI is InChI=1S/C7H12O3.Li/c1-7(2,6(8)9)5-3-4-10-5;/h5H,3-4H2,1-2H3,(H,8,9);/q;+1/p-1. The molecular weight excluding hydrogens is 139 g/mol. The smallest absolute Gasteiger partial charge is 0.549 e. The molecule has 4 heteroatoms. The molecule has 1 fully saturated rings. The van der Waals surface area contributed by atoms with Crippen LogP contribution < -0.4 is 24.0 Å². The van der Waals surface area contributed by atoms with Gasteiger partial charge in [-0.3, -0.25) is 0 Å². The van der Waals surface area contributed by atoms with Gasteiger partial charge in [-0.25, -0.2) is 0 Å². The van der Waals surface area contributed by atoms with Crippen LogP contribution >= 0.6 is 0 Å². The quantitative estimate of drug-likeness (QED) is 0.385. The second-order valence-corrected chi connectivity index (χ2v) is 3.16. The number of ether oxygens (including phenoxy) is 1. The summed E-state index contributed by atoms with van der Waals surface area (Å²) in [4.78, 5) is 10.5. The number of carbonyl (C=O) groups is 1. The van der Waals surface area contributed by atoms with Crippen LogP contribution in [0.5, 0.6) is 0 Å². The van der Waals surface area contributed by atoms with Crippen molar-refractivity contribution in [2.45, 2.75) is 26.4 Å². The summed E-state index contributed by atoms with van der Waals surface area (Å²) in [6, 6.07) is 0. The maximum Gasteiger partial charge on any atom is 1.00 e. The van der Waals surface area contributed by atoms with Crippen molar-refractivity contribution in [3.63, 3.8) is 0 Å². The molecule has 0 saturated carbocycles. The molecule has 0 aromatic heterocycles. The summed E-state index contributed by atoms with van der Waals surface area (Å²) in [7, 11) is 0. The van der Waals surface area contributed by atoms with E-state index >= 15 is 0 Å². The van der Waals surface area contributed by atoms with Crippen molar-refractivity contribution in [2.24, 2.45) is 5.41 Å². The summed E-state index contributed by atoms with van der Waals surface area (Å²) in [5.74, 6) is -1.03. The first-order valence-electron chi connectivity index (χ1n) is 3.38. The van der Waals surface area contributed by atoms with Crippen LogP contribution in [0.1, 0.15) is 20.3 Å². The second-order valence-electron chi connectivity index (χ2n) is 3.16. The van der Waals surface area contributed by atoms with Crippen molar-refractivity contribution in [1.82, 2.24) is 0 Å². The van der Waals surface area contributed by atoms with E-state index in [9.17, 15) is 9.90 Å². The van der Waals surface area contributed by atoms with Crippen molar-refractivity contribution in [1.29, 1.82) is 0 Å². The molecule has 0 bridgehead atoms. The van der Waals surface area contributed by atoms with Crippen LogP contribution in [0.4, 0.5) is 0 Å². The van der Waals surface area contributed by atoms with Gasteiger partial charge < -0.3 is 14.6 Å². The van der Waals surface area contributed by atoms with Crippen LogP contribution in [0, 0.1) is 5.41 Å². The third-order valence-corrected chi connectivity index (χ3v) is 2.03. The molecule has 1 aliphatic heterocycles. The van der Waals surface area contributed by atoms with Crippen LogP contribution in [-0.2, 0) is 9.53 Å². The Hall–Kier alpha value is 0.0274. The number of carboxylic acid groups (broad SMARTS) is 1. The number of rotatable bonds is 2. The summed E-state index contributed by atoms with van der Waals surface area (Å²) in [5.41, 5.74) is -0.821. The van der Waals surface area contributed by atoms with Gasteiger partial charge in [-0.2, -0.15) is 0 Å². The van der Waals surface area contributed by atoms with E-state index in [4.69, 9.17) is 4.74 Å². The van der Waals surface area contributed by atoms with Crippen molar-refractivity contribution in [2.75, 3.05) is 6.61 Å². The van der Waals surface area contributed by atoms with E-state index < -0.39 is 11.4 Å². The van der Waals surface area contributed by atoms with E-state index in [1.165, 1.54) is 0 Å². The van der Waals surface area contributed by atoms with E-state index in [1.807, 2.05) is 0 Å².